The molecule has 1 amide bonds. The molecule has 2 aliphatic heterocycles. The maximum Gasteiger partial charge on any atom is 0.227 e. The highest BCUT2D eigenvalue weighted by molar-refractivity contribution is 5.80. The minimum Gasteiger partial charge on any atom is -0.497 e. The van der Waals surface area contributed by atoms with Gasteiger partial charge in [0.2, 0.25) is 5.91 Å². The summed E-state index contributed by atoms with van der Waals surface area (Å²) in [7, 11) is 1.68. The fourth-order valence-electron chi connectivity index (χ4n) is 3.56. The lowest BCUT2D eigenvalue weighted by atomic mass is 9.97. The van der Waals surface area contributed by atoms with Crippen molar-refractivity contribution in [2.24, 2.45) is 5.92 Å². The van der Waals surface area contributed by atoms with Crippen LogP contribution in [0.1, 0.15) is 31.2 Å². The summed E-state index contributed by atoms with van der Waals surface area (Å²) in [4.78, 5) is 14.7. The second-order valence-electron chi connectivity index (χ2n) is 6.24. The Balaban J connectivity index is 1.68. The van der Waals surface area contributed by atoms with Gasteiger partial charge in [0.05, 0.1) is 13.0 Å². The van der Waals surface area contributed by atoms with E-state index < -0.39 is 0 Å². The van der Waals surface area contributed by atoms with Crippen LogP contribution in [0.2, 0.25) is 0 Å². The molecule has 114 valence electrons. The molecule has 1 aromatic carbocycles. The third kappa shape index (κ3) is 2.91. The molecular weight excluding hydrogens is 264 g/mol. The van der Waals surface area contributed by atoms with Crippen molar-refractivity contribution in [1.29, 1.82) is 0 Å². The van der Waals surface area contributed by atoms with Gasteiger partial charge in [-0.3, -0.25) is 4.79 Å². The molecule has 0 aromatic heterocycles. The summed E-state index contributed by atoms with van der Waals surface area (Å²) in [5.41, 5.74) is 1.31. The molecule has 4 nitrogen and oxygen atoms in total. The number of likely N-dealkylation sites (tertiary alicyclic amines) is 1. The SMILES string of the molecule is COc1ccc([C@@H]2C[C@@H](C)N(C(=O)[C@@H]3CCNC3)C2)cc1. The zero-order valence-electron chi connectivity index (χ0n) is 12.8. The van der Waals surface area contributed by atoms with E-state index in [4.69, 9.17) is 4.74 Å². The van der Waals surface area contributed by atoms with Crippen molar-refractivity contribution in [3.05, 3.63) is 29.8 Å². The van der Waals surface area contributed by atoms with Crippen LogP contribution in [0.3, 0.4) is 0 Å². The highest BCUT2D eigenvalue weighted by atomic mass is 16.5. The number of benzene rings is 1. The second kappa shape index (κ2) is 6.06. The van der Waals surface area contributed by atoms with Gasteiger partial charge in [-0.25, -0.2) is 0 Å². The molecule has 2 saturated heterocycles. The minimum atomic E-state index is 0.182. The Hall–Kier alpha value is -1.55. The Morgan fingerprint density at radius 2 is 2.10 bits per heavy atom. The van der Waals surface area contributed by atoms with E-state index in [0.29, 0.717) is 17.9 Å². The fraction of sp³-hybridized carbons (Fsp3) is 0.588. The van der Waals surface area contributed by atoms with E-state index in [1.807, 2.05) is 12.1 Å². The summed E-state index contributed by atoms with van der Waals surface area (Å²) in [5, 5.41) is 3.29. The molecule has 2 aliphatic rings. The number of nitrogens with zero attached hydrogens (tertiary/aromatic N) is 1. The summed E-state index contributed by atoms with van der Waals surface area (Å²) in [6.07, 6.45) is 2.04. The summed E-state index contributed by atoms with van der Waals surface area (Å²) in [6, 6.07) is 8.60. The molecule has 0 unspecified atom stereocenters. The van der Waals surface area contributed by atoms with Crippen LogP contribution in [0.5, 0.6) is 5.75 Å². The number of hydrogen-bond acceptors (Lipinski definition) is 3. The average molecular weight is 288 g/mol. The molecule has 0 spiro atoms. The number of carbonyl (C=O) groups excluding carboxylic acids is 1. The first kappa shape index (κ1) is 14.4. The van der Waals surface area contributed by atoms with E-state index in [1.165, 1.54) is 5.56 Å². The number of hydrogen-bond donors (Lipinski definition) is 1. The van der Waals surface area contributed by atoms with Gasteiger partial charge in [-0.2, -0.15) is 0 Å². The zero-order chi connectivity index (χ0) is 14.8. The largest absolute Gasteiger partial charge is 0.497 e. The molecule has 3 atom stereocenters. The Bertz CT molecular complexity index is 494. The average Bonchev–Trinajstić information content (AvgIpc) is 3.16. The Labute approximate surface area is 126 Å². The first-order valence-corrected chi connectivity index (χ1v) is 7.84. The topological polar surface area (TPSA) is 41.6 Å². The van der Waals surface area contributed by atoms with Crippen LogP contribution in [0, 0.1) is 5.92 Å². The summed E-state index contributed by atoms with van der Waals surface area (Å²) in [5.74, 6) is 1.85. The Morgan fingerprint density at radius 3 is 2.71 bits per heavy atom. The molecule has 0 bridgehead atoms. The summed E-state index contributed by atoms with van der Waals surface area (Å²) in [6.45, 7) is 4.84. The quantitative estimate of drug-likeness (QED) is 0.925. The molecule has 2 fully saturated rings. The predicted molar refractivity (Wildman–Crippen MR) is 82.5 cm³/mol. The number of ether oxygens (including phenoxy) is 1. The van der Waals surface area contributed by atoms with Crippen molar-refractivity contribution < 1.29 is 9.53 Å². The molecule has 0 saturated carbocycles. The van der Waals surface area contributed by atoms with Gasteiger partial charge in [0.1, 0.15) is 5.75 Å². The van der Waals surface area contributed by atoms with E-state index >= 15 is 0 Å². The van der Waals surface area contributed by atoms with Crippen LogP contribution in [0.25, 0.3) is 0 Å². The van der Waals surface area contributed by atoms with Gasteiger partial charge in [0.15, 0.2) is 0 Å². The van der Waals surface area contributed by atoms with Crippen LogP contribution in [0.4, 0.5) is 0 Å². The third-order valence-corrected chi connectivity index (χ3v) is 4.85. The lowest BCUT2D eigenvalue weighted by molar-refractivity contribution is -0.135. The molecule has 4 heteroatoms. The van der Waals surface area contributed by atoms with E-state index in [9.17, 15) is 4.79 Å². The van der Waals surface area contributed by atoms with Gasteiger partial charge < -0.3 is 15.0 Å². The van der Waals surface area contributed by atoms with Crippen molar-refractivity contribution in [3.8, 4) is 5.75 Å². The standard InChI is InChI=1S/C17H24N2O2/c1-12-9-15(13-3-5-16(21-2)6-4-13)11-19(12)17(20)14-7-8-18-10-14/h3-6,12,14-15,18H,7-11H2,1-2H3/t12-,14-,15-/m1/s1. The molecule has 0 aliphatic carbocycles. The highest BCUT2D eigenvalue weighted by Gasteiger charge is 2.36. The first-order valence-electron chi connectivity index (χ1n) is 7.84. The van der Waals surface area contributed by atoms with Gasteiger partial charge in [-0.1, -0.05) is 12.1 Å². The van der Waals surface area contributed by atoms with Crippen molar-refractivity contribution in [3.63, 3.8) is 0 Å². The first-order chi connectivity index (χ1) is 10.2. The lowest BCUT2D eigenvalue weighted by Crippen LogP contribution is -2.39. The van der Waals surface area contributed by atoms with Crippen LogP contribution < -0.4 is 10.1 Å². The van der Waals surface area contributed by atoms with E-state index in [-0.39, 0.29) is 5.92 Å². The monoisotopic (exact) mass is 288 g/mol. The number of amides is 1. The Kier molecular flexibility index (Phi) is 4.15. The van der Waals surface area contributed by atoms with Gasteiger partial charge in [0.25, 0.3) is 0 Å². The van der Waals surface area contributed by atoms with E-state index in [2.05, 4.69) is 29.3 Å². The smallest absolute Gasteiger partial charge is 0.227 e. The summed E-state index contributed by atoms with van der Waals surface area (Å²) >= 11 is 0. The van der Waals surface area contributed by atoms with E-state index in [0.717, 1.165) is 38.2 Å². The minimum absolute atomic E-state index is 0.182. The highest BCUT2D eigenvalue weighted by Crippen LogP contribution is 2.33. The molecule has 2 heterocycles. The number of rotatable bonds is 3. The normalized spacial score (nSPS) is 28.9. The number of nitrogens with one attached hydrogen (secondary N) is 1. The van der Waals surface area contributed by atoms with Crippen molar-refractivity contribution in [2.75, 3.05) is 26.7 Å². The van der Waals surface area contributed by atoms with Gasteiger partial charge in [-0.05, 0) is 44.0 Å². The predicted octanol–water partition coefficient (Wildman–Crippen LogP) is 2.01. The second-order valence-corrected chi connectivity index (χ2v) is 6.24. The molecular formula is C17H24N2O2. The van der Waals surface area contributed by atoms with Gasteiger partial charge in [-0.15, -0.1) is 0 Å². The fourth-order valence-corrected chi connectivity index (χ4v) is 3.56. The van der Waals surface area contributed by atoms with Crippen molar-refractivity contribution in [2.45, 2.75) is 31.7 Å². The van der Waals surface area contributed by atoms with Crippen LogP contribution >= 0.6 is 0 Å². The van der Waals surface area contributed by atoms with Crippen LogP contribution in [-0.4, -0.2) is 43.6 Å². The van der Waals surface area contributed by atoms with E-state index in [1.54, 1.807) is 7.11 Å². The van der Waals surface area contributed by atoms with Gasteiger partial charge >= 0.3 is 0 Å². The van der Waals surface area contributed by atoms with Gasteiger partial charge in [0, 0.05) is 25.0 Å². The maximum absolute atomic E-state index is 12.6. The van der Waals surface area contributed by atoms with Crippen LogP contribution in [0.15, 0.2) is 24.3 Å². The zero-order valence-corrected chi connectivity index (χ0v) is 12.8. The van der Waals surface area contributed by atoms with Crippen molar-refractivity contribution in [1.82, 2.24) is 10.2 Å². The molecule has 0 radical (unpaired) electrons. The maximum atomic E-state index is 12.6. The number of methoxy groups -OCH3 is 1. The lowest BCUT2D eigenvalue weighted by Gasteiger charge is -2.24. The molecule has 1 aromatic rings. The molecule has 3 rings (SSSR count). The van der Waals surface area contributed by atoms with Crippen molar-refractivity contribution >= 4 is 5.91 Å². The summed E-state index contributed by atoms with van der Waals surface area (Å²) < 4.78 is 5.21. The number of carbonyl (C=O) groups is 1. The molecule has 1 N–H and O–H groups in total. The molecule has 21 heavy (non-hydrogen) atoms. The Morgan fingerprint density at radius 1 is 1.33 bits per heavy atom. The van der Waals surface area contributed by atoms with Crippen LogP contribution in [-0.2, 0) is 4.79 Å². The third-order valence-electron chi connectivity index (χ3n) is 4.85.